The highest BCUT2D eigenvalue weighted by Gasteiger charge is 2.13. The van der Waals surface area contributed by atoms with Crippen LogP contribution in [-0.2, 0) is 0 Å². The number of hydrogen-bond donors (Lipinski definition) is 0. The SMILES string of the molecule is CCOc1c(C)c(C)nc2cc(OC)c(Cl)cc12. The van der Waals surface area contributed by atoms with E-state index >= 15 is 0 Å². The van der Waals surface area contributed by atoms with Gasteiger partial charge in [0.2, 0.25) is 0 Å². The molecule has 0 aliphatic rings. The van der Waals surface area contributed by atoms with E-state index in [1.807, 2.05) is 32.9 Å². The average Bonchev–Trinajstić information content (AvgIpc) is 2.35. The maximum Gasteiger partial charge on any atom is 0.139 e. The lowest BCUT2D eigenvalue weighted by Crippen LogP contribution is -1.99. The predicted octanol–water partition coefficient (Wildman–Crippen LogP) is 3.91. The summed E-state index contributed by atoms with van der Waals surface area (Å²) < 4.78 is 10.9. The first-order valence-electron chi connectivity index (χ1n) is 5.85. The van der Waals surface area contributed by atoms with Crippen molar-refractivity contribution in [3.63, 3.8) is 0 Å². The summed E-state index contributed by atoms with van der Waals surface area (Å²) in [6, 6.07) is 3.69. The molecule has 1 aromatic carbocycles. The smallest absolute Gasteiger partial charge is 0.139 e. The second-order valence-electron chi connectivity index (χ2n) is 4.09. The Balaban J connectivity index is 2.79. The van der Waals surface area contributed by atoms with Gasteiger partial charge in [-0.15, -0.1) is 0 Å². The molecule has 0 N–H and O–H groups in total. The lowest BCUT2D eigenvalue weighted by molar-refractivity contribution is 0.341. The van der Waals surface area contributed by atoms with Gasteiger partial charge in [0.1, 0.15) is 11.5 Å². The van der Waals surface area contributed by atoms with Crippen LogP contribution in [0.3, 0.4) is 0 Å². The van der Waals surface area contributed by atoms with Crippen molar-refractivity contribution in [3.05, 3.63) is 28.4 Å². The van der Waals surface area contributed by atoms with Crippen LogP contribution in [0.5, 0.6) is 11.5 Å². The minimum absolute atomic E-state index is 0.566. The molecule has 1 aromatic heterocycles. The Kier molecular flexibility index (Phi) is 3.62. The number of benzene rings is 1. The Morgan fingerprint density at radius 3 is 2.61 bits per heavy atom. The summed E-state index contributed by atoms with van der Waals surface area (Å²) in [7, 11) is 1.59. The molecule has 0 fully saturated rings. The van der Waals surface area contributed by atoms with Crippen LogP contribution in [0.2, 0.25) is 5.02 Å². The summed E-state index contributed by atoms with van der Waals surface area (Å²) in [5, 5.41) is 1.49. The zero-order chi connectivity index (χ0) is 13.3. The molecular formula is C14H16ClNO2. The first-order valence-corrected chi connectivity index (χ1v) is 6.23. The lowest BCUT2D eigenvalue weighted by atomic mass is 10.1. The van der Waals surface area contributed by atoms with Gasteiger partial charge in [0.05, 0.1) is 24.3 Å². The van der Waals surface area contributed by atoms with Crippen LogP contribution in [-0.4, -0.2) is 18.7 Å². The molecule has 96 valence electrons. The van der Waals surface area contributed by atoms with Crippen molar-refractivity contribution >= 4 is 22.5 Å². The van der Waals surface area contributed by atoms with E-state index in [2.05, 4.69) is 4.98 Å². The highest BCUT2D eigenvalue weighted by atomic mass is 35.5. The molecule has 0 aliphatic carbocycles. The van der Waals surface area contributed by atoms with Crippen LogP contribution in [0, 0.1) is 13.8 Å². The first kappa shape index (κ1) is 13.0. The number of hydrogen-bond acceptors (Lipinski definition) is 3. The second kappa shape index (κ2) is 5.02. The lowest BCUT2D eigenvalue weighted by Gasteiger charge is -2.14. The predicted molar refractivity (Wildman–Crippen MR) is 73.9 cm³/mol. The van der Waals surface area contributed by atoms with Gasteiger partial charge in [0.15, 0.2) is 0 Å². The highest BCUT2D eigenvalue weighted by molar-refractivity contribution is 6.33. The topological polar surface area (TPSA) is 31.4 Å². The fraction of sp³-hybridized carbons (Fsp3) is 0.357. The number of ether oxygens (including phenoxy) is 2. The standard InChI is InChI=1S/C14H16ClNO2/c1-5-18-14-8(2)9(3)16-12-7-13(17-4)11(15)6-10(12)14/h6-7H,5H2,1-4H3. The van der Waals surface area contributed by atoms with Crippen molar-refractivity contribution in [1.82, 2.24) is 4.98 Å². The molecule has 0 saturated carbocycles. The molecule has 0 spiro atoms. The van der Waals surface area contributed by atoms with E-state index < -0.39 is 0 Å². The van der Waals surface area contributed by atoms with E-state index in [1.54, 1.807) is 7.11 Å². The van der Waals surface area contributed by atoms with Gasteiger partial charge in [-0.05, 0) is 26.8 Å². The minimum Gasteiger partial charge on any atom is -0.495 e. The minimum atomic E-state index is 0.566. The van der Waals surface area contributed by atoms with Crippen molar-refractivity contribution in [3.8, 4) is 11.5 Å². The van der Waals surface area contributed by atoms with Gasteiger partial charge in [0, 0.05) is 22.7 Å². The molecule has 0 unspecified atom stereocenters. The molecular weight excluding hydrogens is 250 g/mol. The van der Waals surface area contributed by atoms with Crippen LogP contribution in [0.4, 0.5) is 0 Å². The number of nitrogens with zero attached hydrogens (tertiary/aromatic N) is 1. The summed E-state index contributed by atoms with van der Waals surface area (Å²) in [5.74, 6) is 1.48. The zero-order valence-corrected chi connectivity index (χ0v) is 11.8. The van der Waals surface area contributed by atoms with Gasteiger partial charge in [0.25, 0.3) is 0 Å². The summed E-state index contributed by atoms with van der Waals surface area (Å²) in [5.41, 5.74) is 2.84. The Labute approximate surface area is 112 Å². The molecule has 0 atom stereocenters. The van der Waals surface area contributed by atoms with Gasteiger partial charge >= 0.3 is 0 Å². The number of rotatable bonds is 3. The number of aryl methyl sites for hydroxylation is 1. The third-order valence-electron chi connectivity index (χ3n) is 2.97. The van der Waals surface area contributed by atoms with Crippen LogP contribution in [0.1, 0.15) is 18.2 Å². The molecule has 0 saturated heterocycles. The van der Waals surface area contributed by atoms with Crippen molar-refractivity contribution in [2.75, 3.05) is 13.7 Å². The fourth-order valence-electron chi connectivity index (χ4n) is 1.93. The Hall–Kier alpha value is -1.48. The van der Waals surface area contributed by atoms with Gasteiger partial charge in [-0.1, -0.05) is 11.6 Å². The van der Waals surface area contributed by atoms with E-state index in [0.717, 1.165) is 27.9 Å². The van der Waals surface area contributed by atoms with E-state index in [-0.39, 0.29) is 0 Å². The molecule has 0 amide bonds. The Morgan fingerprint density at radius 2 is 2.00 bits per heavy atom. The summed E-state index contributed by atoms with van der Waals surface area (Å²) in [6.45, 7) is 6.55. The normalized spacial score (nSPS) is 10.7. The summed E-state index contributed by atoms with van der Waals surface area (Å²) >= 11 is 6.16. The van der Waals surface area contributed by atoms with Gasteiger partial charge in [-0.3, -0.25) is 4.98 Å². The first-order chi connectivity index (χ1) is 8.58. The second-order valence-corrected chi connectivity index (χ2v) is 4.50. The number of aromatic nitrogens is 1. The largest absolute Gasteiger partial charge is 0.495 e. The number of fused-ring (bicyclic) bond motifs is 1. The van der Waals surface area contributed by atoms with Gasteiger partial charge < -0.3 is 9.47 Å². The number of pyridine rings is 1. The van der Waals surface area contributed by atoms with Crippen molar-refractivity contribution in [2.24, 2.45) is 0 Å². The van der Waals surface area contributed by atoms with Gasteiger partial charge in [-0.2, -0.15) is 0 Å². The average molecular weight is 266 g/mol. The molecule has 0 bridgehead atoms. The maximum absolute atomic E-state index is 6.16. The van der Waals surface area contributed by atoms with Crippen LogP contribution in [0.15, 0.2) is 12.1 Å². The fourth-order valence-corrected chi connectivity index (χ4v) is 2.18. The Bertz CT molecular complexity index is 596. The molecule has 0 aliphatic heterocycles. The third kappa shape index (κ3) is 2.10. The van der Waals surface area contributed by atoms with E-state index in [9.17, 15) is 0 Å². The van der Waals surface area contributed by atoms with Crippen LogP contribution < -0.4 is 9.47 Å². The molecule has 2 aromatic rings. The van der Waals surface area contributed by atoms with Crippen molar-refractivity contribution < 1.29 is 9.47 Å². The molecule has 3 nitrogen and oxygen atoms in total. The molecule has 4 heteroatoms. The van der Waals surface area contributed by atoms with Crippen LogP contribution in [0.25, 0.3) is 10.9 Å². The summed E-state index contributed by atoms with van der Waals surface area (Å²) in [4.78, 5) is 4.55. The maximum atomic E-state index is 6.16. The van der Waals surface area contributed by atoms with Gasteiger partial charge in [-0.25, -0.2) is 0 Å². The van der Waals surface area contributed by atoms with E-state index in [1.165, 1.54) is 0 Å². The van der Waals surface area contributed by atoms with E-state index in [4.69, 9.17) is 21.1 Å². The quantitative estimate of drug-likeness (QED) is 0.843. The van der Waals surface area contributed by atoms with Crippen LogP contribution >= 0.6 is 11.6 Å². The Morgan fingerprint density at radius 1 is 1.28 bits per heavy atom. The summed E-state index contributed by atoms with van der Waals surface area (Å²) in [6.07, 6.45) is 0. The molecule has 18 heavy (non-hydrogen) atoms. The molecule has 0 radical (unpaired) electrons. The third-order valence-corrected chi connectivity index (χ3v) is 3.27. The number of halogens is 1. The zero-order valence-electron chi connectivity index (χ0n) is 11.0. The van der Waals surface area contributed by atoms with Crippen molar-refractivity contribution in [1.29, 1.82) is 0 Å². The number of methoxy groups -OCH3 is 1. The molecule has 2 rings (SSSR count). The monoisotopic (exact) mass is 265 g/mol. The van der Waals surface area contributed by atoms with Crippen molar-refractivity contribution in [2.45, 2.75) is 20.8 Å². The highest BCUT2D eigenvalue weighted by Crippen LogP contribution is 2.36. The molecule has 1 heterocycles. The van der Waals surface area contributed by atoms with E-state index in [0.29, 0.717) is 17.4 Å².